The monoisotopic (exact) mass is 408 g/mol. The third-order valence-electron chi connectivity index (χ3n) is 4.86. The van der Waals surface area contributed by atoms with E-state index in [1.807, 2.05) is 0 Å². The molecule has 4 rings (SSSR count). The Morgan fingerprint density at radius 2 is 2.00 bits per heavy atom. The van der Waals surface area contributed by atoms with Crippen LogP contribution < -0.4 is 9.47 Å². The molecule has 1 heterocycles. The summed E-state index contributed by atoms with van der Waals surface area (Å²) in [5.74, 6) is -1.41. The molecule has 1 saturated carbocycles. The number of para-hydroxylation sites is 1. The lowest BCUT2D eigenvalue weighted by atomic mass is 9.95. The molecule has 2 aromatic rings. The van der Waals surface area contributed by atoms with Crippen molar-refractivity contribution in [3.8, 4) is 11.5 Å². The van der Waals surface area contributed by atoms with Crippen LogP contribution in [0.15, 0.2) is 47.4 Å². The van der Waals surface area contributed by atoms with Crippen LogP contribution in [-0.4, -0.2) is 38.3 Å². The van der Waals surface area contributed by atoms with Crippen LogP contribution in [0.5, 0.6) is 11.5 Å². The van der Waals surface area contributed by atoms with Crippen molar-refractivity contribution in [3.05, 3.63) is 53.8 Å². The highest BCUT2D eigenvalue weighted by Crippen LogP contribution is 2.52. The van der Waals surface area contributed by atoms with Crippen molar-refractivity contribution in [2.75, 3.05) is 6.61 Å². The molecule has 2 aromatic carbocycles. The Kier molecular flexibility index (Phi) is 4.72. The molecule has 0 aromatic heterocycles. The SMILES string of the molecule is O=C(O)COc1cccc2c1OC1CCC(OS(=O)(=O)c3cccc(F)c3)C21. The second-order valence-corrected chi connectivity index (χ2v) is 8.23. The van der Waals surface area contributed by atoms with Crippen molar-refractivity contribution in [3.63, 3.8) is 0 Å². The summed E-state index contributed by atoms with van der Waals surface area (Å²) in [4.78, 5) is 10.5. The Morgan fingerprint density at radius 3 is 2.75 bits per heavy atom. The van der Waals surface area contributed by atoms with E-state index in [-0.39, 0.29) is 16.9 Å². The zero-order valence-corrected chi connectivity index (χ0v) is 15.4. The zero-order chi connectivity index (χ0) is 19.9. The van der Waals surface area contributed by atoms with Crippen LogP contribution in [0.3, 0.4) is 0 Å². The average Bonchev–Trinajstić information content (AvgIpc) is 3.20. The van der Waals surface area contributed by atoms with Gasteiger partial charge in [-0.25, -0.2) is 9.18 Å². The van der Waals surface area contributed by atoms with E-state index in [1.165, 1.54) is 12.1 Å². The number of rotatable bonds is 6. The van der Waals surface area contributed by atoms with E-state index in [9.17, 15) is 17.6 Å². The highest BCUT2D eigenvalue weighted by Gasteiger charge is 2.48. The van der Waals surface area contributed by atoms with Gasteiger partial charge in [0.05, 0.1) is 16.9 Å². The summed E-state index contributed by atoms with van der Waals surface area (Å²) in [5.41, 5.74) is 0.713. The van der Waals surface area contributed by atoms with Crippen molar-refractivity contribution in [1.29, 1.82) is 0 Å². The van der Waals surface area contributed by atoms with Crippen LogP contribution >= 0.6 is 0 Å². The highest BCUT2D eigenvalue weighted by molar-refractivity contribution is 7.86. The molecule has 3 atom stereocenters. The molecular formula is C19H17FO7S. The molecule has 1 fully saturated rings. The Balaban J connectivity index is 1.59. The number of hydrogen-bond donors (Lipinski definition) is 1. The predicted molar refractivity (Wildman–Crippen MR) is 94.4 cm³/mol. The van der Waals surface area contributed by atoms with E-state index in [4.69, 9.17) is 18.8 Å². The van der Waals surface area contributed by atoms with Gasteiger partial charge in [0.1, 0.15) is 11.9 Å². The fraction of sp³-hybridized carbons (Fsp3) is 0.316. The second-order valence-electron chi connectivity index (χ2n) is 6.66. The van der Waals surface area contributed by atoms with E-state index in [2.05, 4.69) is 0 Å². The third kappa shape index (κ3) is 3.43. The number of halogens is 1. The lowest BCUT2D eigenvalue weighted by Crippen LogP contribution is -2.24. The minimum atomic E-state index is -4.14. The smallest absolute Gasteiger partial charge is 0.341 e. The topological polar surface area (TPSA) is 99.1 Å². The number of hydrogen-bond acceptors (Lipinski definition) is 6. The standard InChI is InChI=1S/C19H17FO7S/c20-11-3-1-4-12(9-11)28(23,24)27-15-8-7-14-18(15)13-5-2-6-16(19(13)26-14)25-10-17(21)22/h1-6,9,14-15,18H,7-8,10H2,(H,21,22). The van der Waals surface area contributed by atoms with Gasteiger partial charge >= 0.3 is 5.97 Å². The molecule has 1 aliphatic carbocycles. The summed E-state index contributed by atoms with van der Waals surface area (Å²) in [5, 5.41) is 8.80. The minimum Gasteiger partial charge on any atom is -0.485 e. The van der Waals surface area contributed by atoms with Gasteiger partial charge in [0.15, 0.2) is 18.1 Å². The molecule has 0 spiro atoms. The van der Waals surface area contributed by atoms with E-state index in [1.54, 1.807) is 18.2 Å². The Morgan fingerprint density at radius 1 is 1.21 bits per heavy atom. The molecule has 1 N–H and O–H groups in total. The molecule has 148 valence electrons. The molecule has 1 aliphatic heterocycles. The molecule has 2 aliphatic rings. The first-order valence-electron chi connectivity index (χ1n) is 8.68. The summed E-state index contributed by atoms with van der Waals surface area (Å²) in [6.07, 6.45) is 0.0661. The van der Waals surface area contributed by atoms with Gasteiger partial charge in [0.25, 0.3) is 10.1 Å². The van der Waals surface area contributed by atoms with E-state index in [0.717, 1.165) is 12.1 Å². The summed E-state index contributed by atoms with van der Waals surface area (Å²) in [6.45, 7) is -0.511. The summed E-state index contributed by atoms with van der Waals surface area (Å²) < 4.78 is 55.2. The lowest BCUT2D eigenvalue weighted by molar-refractivity contribution is -0.139. The maximum Gasteiger partial charge on any atom is 0.341 e. The summed E-state index contributed by atoms with van der Waals surface area (Å²) in [6, 6.07) is 9.73. The van der Waals surface area contributed by atoms with Gasteiger partial charge in [-0.3, -0.25) is 4.18 Å². The van der Waals surface area contributed by atoms with E-state index >= 15 is 0 Å². The normalized spacial score (nSPS) is 23.0. The largest absolute Gasteiger partial charge is 0.485 e. The Labute approximate surface area is 160 Å². The zero-order valence-electron chi connectivity index (χ0n) is 14.6. The van der Waals surface area contributed by atoms with Crippen LogP contribution in [-0.2, 0) is 19.1 Å². The molecular weight excluding hydrogens is 391 g/mol. The fourth-order valence-electron chi connectivity index (χ4n) is 3.73. The van der Waals surface area contributed by atoms with Gasteiger partial charge in [0, 0.05) is 5.56 Å². The van der Waals surface area contributed by atoms with Crippen LogP contribution in [0.25, 0.3) is 0 Å². The third-order valence-corrected chi connectivity index (χ3v) is 6.19. The number of benzene rings is 2. The maximum absolute atomic E-state index is 13.4. The fourth-order valence-corrected chi connectivity index (χ4v) is 4.89. The van der Waals surface area contributed by atoms with Gasteiger partial charge in [0.2, 0.25) is 0 Å². The molecule has 28 heavy (non-hydrogen) atoms. The molecule has 0 amide bonds. The van der Waals surface area contributed by atoms with Crippen molar-refractivity contribution in [2.24, 2.45) is 0 Å². The van der Waals surface area contributed by atoms with Crippen LogP contribution in [0.2, 0.25) is 0 Å². The first kappa shape index (κ1) is 18.7. The first-order valence-corrected chi connectivity index (χ1v) is 10.1. The van der Waals surface area contributed by atoms with Gasteiger partial charge < -0.3 is 14.6 Å². The van der Waals surface area contributed by atoms with E-state index < -0.39 is 34.6 Å². The minimum absolute atomic E-state index is 0.242. The molecule has 0 bridgehead atoms. The maximum atomic E-state index is 13.4. The predicted octanol–water partition coefficient (Wildman–Crippen LogP) is 2.70. The van der Waals surface area contributed by atoms with Crippen LogP contribution in [0.4, 0.5) is 4.39 Å². The lowest BCUT2D eigenvalue weighted by Gasteiger charge is -2.18. The Hall–Kier alpha value is -2.65. The number of carboxylic acids is 1. The van der Waals surface area contributed by atoms with Gasteiger partial charge in [-0.05, 0) is 37.1 Å². The highest BCUT2D eigenvalue weighted by atomic mass is 32.2. The molecule has 9 heteroatoms. The van der Waals surface area contributed by atoms with E-state index in [0.29, 0.717) is 29.9 Å². The average molecular weight is 408 g/mol. The number of fused-ring (bicyclic) bond motifs is 3. The van der Waals surface area contributed by atoms with Gasteiger partial charge in [-0.1, -0.05) is 18.2 Å². The molecule has 0 saturated heterocycles. The number of ether oxygens (including phenoxy) is 2. The number of carboxylic acid groups (broad SMARTS) is 1. The van der Waals surface area contributed by atoms with Gasteiger partial charge in [-0.15, -0.1) is 0 Å². The summed E-state index contributed by atoms with van der Waals surface area (Å²) >= 11 is 0. The van der Waals surface area contributed by atoms with Crippen molar-refractivity contribution in [1.82, 2.24) is 0 Å². The van der Waals surface area contributed by atoms with Crippen LogP contribution in [0, 0.1) is 5.82 Å². The van der Waals surface area contributed by atoms with Crippen LogP contribution in [0.1, 0.15) is 24.3 Å². The van der Waals surface area contributed by atoms with Crippen molar-refractivity contribution < 1.29 is 36.4 Å². The second kappa shape index (κ2) is 7.06. The summed E-state index contributed by atoms with van der Waals surface area (Å²) in [7, 11) is -4.14. The Bertz CT molecular complexity index is 1020. The molecule has 3 unspecified atom stereocenters. The number of carbonyl (C=O) groups is 1. The molecule has 7 nitrogen and oxygen atoms in total. The van der Waals surface area contributed by atoms with Crippen molar-refractivity contribution in [2.45, 2.75) is 35.9 Å². The van der Waals surface area contributed by atoms with Gasteiger partial charge in [-0.2, -0.15) is 8.42 Å². The quantitative estimate of drug-likeness (QED) is 0.734. The number of aliphatic carboxylic acids is 1. The first-order chi connectivity index (χ1) is 13.3. The van der Waals surface area contributed by atoms with Crippen molar-refractivity contribution >= 4 is 16.1 Å². The molecule has 0 radical (unpaired) electrons.